The number of nitrogens with zero attached hydrogens (tertiary/aromatic N) is 2. The van der Waals surface area contributed by atoms with Crippen LogP contribution < -0.4 is 0 Å². The van der Waals surface area contributed by atoms with Crippen LogP contribution >= 0.6 is 0 Å². The molecule has 4 rings (SSSR count). The normalized spacial score (nSPS) is 40.1. The first-order valence-corrected chi connectivity index (χ1v) is 9.13. The number of hydrogen-bond acceptors (Lipinski definition) is 5. The number of rotatable bonds is 4. The molecule has 0 aromatic heterocycles. The maximum absolute atomic E-state index is 10.6. The third-order valence-corrected chi connectivity index (χ3v) is 6.20. The van der Waals surface area contributed by atoms with Crippen molar-refractivity contribution in [2.24, 2.45) is 11.8 Å². The number of aliphatic hydroxyl groups excluding tert-OH is 1. The summed E-state index contributed by atoms with van der Waals surface area (Å²) in [5, 5.41) is 10.6. The summed E-state index contributed by atoms with van der Waals surface area (Å²) in [6.45, 7) is 7.42. The van der Waals surface area contributed by atoms with E-state index in [4.69, 9.17) is 9.47 Å². The molecule has 0 aromatic carbocycles. The summed E-state index contributed by atoms with van der Waals surface area (Å²) in [6, 6.07) is 1.10. The standard InChI is InChI=1S/C17H30N2O3/c20-15(7-18-5-1-3-13-9-21-11-16(13)18)8-19-6-2-4-14-10-22-12-17(14)19/h13-17,20H,1-12H2/t13-,14-,16+,17+/m0/s1. The second-order valence-corrected chi connectivity index (χ2v) is 7.66. The highest BCUT2D eigenvalue weighted by molar-refractivity contribution is 4.91. The molecule has 4 aliphatic heterocycles. The van der Waals surface area contributed by atoms with Gasteiger partial charge in [0.2, 0.25) is 0 Å². The minimum atomic E-state index is -0.251. The van der Waals surface area contributed by atoms with E-state index in [9.17, 15) is 5.11 Å². The van der Waals surface area contributed by atoms with Crippen LogP contribution in [-0.2, 0) is 9.47 Å². The summed E-state index contributed by atoms with van der Waals surface area (Å²) in [7, 11) is 0. The number of aliphatic hydroxyl groups is 1. The average Bonchev–Trinajstić information content (AvgIpc) is 3.16. The van der Waals surface area contributed by atoms with E-state index >= 15 is 0 Å². The monoisotopic (exact) mass is 310 g/mol. The van der Waals surface area contributed by atoms with Gasteiger partial charge in [0.15, 0.2) is 0 Å². The minimum absolute atomic E-state index is 0.251. The fourth-order valence-corrected chi connectivity index (χ4v) is 5.03. The van der Waals surface area contributed by atoms with Crippen LogP contribution in [0.2, 0.25) is 0 Å². The summed E-state index contributed by atoms with van der Waals surface area (Å²) in [6.07, 6.45) is 4.84. The van der Waals surface area contributed by atoms with E-state index in [-0.39, 0.29) is 6.10 Å². The molecule has 4 atom stereocenters. The van der Waals surface area contributed by atoms with Crippen LogP contribution in [0, 0.1) is 11.8 Å². The SMILES string of the molecule is OC(CN1CCC[C@H]2COC[C@H]21)CN1CCC[C@H]2COC[C@H]21. The van der Waals surface area contributed by atoms with Crippen molar-refractivity contribution in [3.05, 3.63) is 0 Å². The van der Waals surface area contributed by atoms with Gasteiger partial charge in [-0.2, -0.15) is 0 Å². The molecule has 4 fully saturated rings. The van der Waals surface area contributed by atoms with Gasteiger partial charge in [-0.25, -0.2) is 0 Å². The van der Waals surface area contributed by atoms with Gasteiger partial charge in [-0.05, 0) is 38.8 Å². The first-order chi connectivity index (χ1) is 10.8. The van der Waals surface area contributed by atoms with Crippen LogP contribution in [0.3, 0.4) is 0 Å². The van der Waals surface area contributed by atoms with Gasteiger partial charge in [0.25, 0.3) is 0 Å². The minimum Gasteiger partial charge on any atom is -0.390 e. The molecular weight excluding hydrogens is 280 g/mol. The number of ether oxygens (including phenoxy) is 2. The Balaban J connectivity index is 1.31. The maximum Gasteiger partial charge on any atom is 0.0794 e. The molecule has 0 aliphatic carbocycles. The molecular formula is C17H30N2O3. The maximum atomic E-state index is 10.6. The quantitative estimate of drug-likeness (QED) is 0.822. The zero-order valence-electron chi connectivity index (χ0n) is 13.5. The lowest BCUT2D eigenvalue weighted by molar-refractivity contribution is 0.0133. The van der Waals surface area contributed by atoms with E-state index in [0.717, 1.165) is 52.6 Å². The Morgan fingerprint density at radius 2 is 1.32 bits per heavy atom. The van der Waals surface area contributed by atoms with Gasteiger partial charge in [-0.1, -0.05) is 0 Å². The molecule has 0 spiro atoms. The summed E-state index contributed by atoms with van der Waals surface area (Å²) in [5.74, 6) is 1.40. The Hall–Kier alpha value is -0.200. The summed E-state index contributed by atoms with van der Waals surface area (Å²) in [4.78, 5) is 4.97. The number of hydrogen-bond donors (Lipinski definition) is 1. The second kappa shape index (κ2) is 6.73. The molecule has 126 valence electrons. The van der Waals surface area contributed by atoms with Crippen molar-refractivity contribution in [3.8, 4) is 0 Å². The van der Waals surface area contributed by atoms with E-state index in [1.165, 1.54) is 25.7 Å². The predicted molar refractivity (Wildman–Crippen MR) is 83.8 cm³/mol. The molecule has 1 N–H and O–H groups in total. The Bertz CT molecular complexity index is 347. The highest BCUT2D eigenvalue weighted by atomic mass is 16.5. The fraction of sp³-hybridized carbons (Fsp3) is 1.00. The lowest BCUT2D eigenvalue weighted by atomic mass is 9.91. The van der Waals surface area contributed by atoms with Gasteiger partial charge in [0, 0.05) is 37.0 Å². The van der Waals surface area contributed by atoms with Crippen molar-refractivity contribution in [2.45, 2.75) is 43.9 Å². The molecule has 5 nitrogen and oxygen atoms in total. The van der Waals surface area contributed by atoms with E-state index in [1.54, 1.807) is 0 Å². The van der Waals surface area contributed by atoms with E-state index in [1.807, 2.05) is 0 Å². The molecule has 4 aliphatic rings. The third kappa shape index (κ3) is 3.06. The lowest BCUT2D eigenvalue weighted by Gasteiger charge is -2.40. The van der Waals surface area contributed by atoms with Crippen LogP contribution in [0.5, 0.6) is 0 Å². The van der Waals surface area contributed by atoms with Crippen molar-refractivity contribution in [3.63, 3.8) is 0 Å². The molecule has 0 unspecified atom stereocenters. The zero-order chi connectivity index (χ0) is 14.9. The predicted octanol–water partition coefficient (Wildman–Crippen LogP) is 0.569. The molecule has 22 heavy (non-hydrogen) atoms. The molecule has 4 saturated heterocycles. The van der Waals surface area contributed by atoms with Crippen molar-refractivity contribution < 1.29 is 14.6 Å². The second-order valence-electron chi connectivity index (χ2n) is 7.66. The van der Waals surface area contributed by atoms with E-state index in [2.05, 4.69) is 9.80 Å². The lowest BCUT2D eigenvalue weighted by Crippen LogP contribution is -2.52. The summed E-state index contributed by atoms with van der Waals surface area (Å²) in [5.41, 5.74) is 0. The van der Waals surface area contributed by atoms with Crippen molar-refractivity contribution in [1.29, 1.82) is 0 Å². The van der Waals surface area contributed by atoms with Crippen LogP contribution in [0.4, 0.5) is 0 Å². The van der Waals surface area contributed by atoms with Crippen molar-refractivity contribution in [1.82, 2.24) is 9.80 Å². The van der Waals surface area contributed by atoms with Gasteiger partial charge in [0.1, 0.15) is 0 Å². The number of fused-ring (bicyclic) bond motifs is 2. The number of likely N-dealkylation sites (tertiary alicyclic amines) is 2. The molecule has 0 saturated carbocycles. The topological polar surface area (TPSA) is 45.2 Å². The van der Waals surface area contributed by atoms with Crippen molar-refractivity contribution >= 4 is 0 Å². The molecule has 0 radical (unpaired) electrons. The van der Waals surface area contributed by atoms with Gasteiger partial charge in [-0.3, -0.25) is 9.80 Å². The number of piperidine rings is 2. The van der Waals surface area contributed by atoms with Crippen LogP contribution in [-0.4, -0.2) is 85.7 Å². The largest absolute Gasteiger partial charge is 0.390 e. The van der Waals surface area contributed by atoms with Crippen LogP contribution in [0.25, 0.3) is 0 Å². The highest BCUT2D eigenvalue weighted by Crippen LogP contribution is 2.30. The highest BCUT2D eigenvalue weighted by Gasteiger charge is 2.39. The van der Waals surface area contributed by atoms with Gasteiger partial charge >= 0.3 is 0 Å². The van der Waals surface area contributed by atoms with Crippen LogP contribution in [0.1, 0.15) is 25.7 Å². The van der Waals surface area contributed by atoms with Gasteiger partial charge in [-0.15, -0.1) is 0 Å². The van der Waals surface area contributed by atoms with Crippen molar-refractivity contribution in [2.75, 3.05) is 52.6 Å². The first-order valence-electron chi connectivity index (χ1n) is 9.13. The average molecular weight is 310 g/mol. The van der Waals surface area contributed by atoms with Crippen LogP contribution in [0.15, 0.2) is 0 Å². The molecule has 5 heteroatoms. The Morgan fingerprint density at radius 1 is 0.818 bits per heavy atom. The zero-order valence-corrected chi connectivity index (χ0v) is 13.5. The fourth-order valence-electron chi connectivity index (χ4n) is 5.03. The Morgan fingerprint density at radius 3 is 1.82 bits per heavy atom. The van der Waals surface area contributed by atoms with E-state index < -0.39 is 0 Å². The summed E-state index contributed by atoms with van der Waals surface area (Å²) < 4.78 is 11.3. The first kappa shape index (κ1) is 15.3. The van der Waals surface area contributed by atoms with Gasteiger partial charge < -0.3 is 14.6 Å². The molecule has 0 amide bonds. The smallest absolute Gasteiger partial charge is 0.0794 e. The summed E-state index contributed by atoms with van der Waals surface area (Å²) >= 11 is 0. The molecule has 0 aromatic rings. The Labute approximate surface area is 133 Å². The van der Waals surface area contributed by atoms with E-state index in [0.29, 0.717) is 23.9 Å². The number of β-amino-alcohol motifs (C(OH)–C–C–N with tert-alkyl or cyclic N) is 1. The van der Waals surface area contributed by atoms with Gasteiger partial charge in [0.05, 0.1) is 32.5 Å². The Kier molecular flexibility index (Phi) is 4.69. The molecule has 4 heterocycles. The third-order valence-electron chi connectivity index (χ3n) is 6.20. The molecule has 0 bridgehead atoms.